The van der Waals surface area contributed by atoms with E-state index in [2.05, 4.69) is 0 Å². The van der Waals surface area contributed by atoms with Crippen LogP contribution in [0.1, 0.15) is 0 Å². The van der Waals surface area contributed by atoms with Gasteiger partial charge in [0.2, 0.25) is 0 Å². The van der Waals surface area contributed by atoms with Gasteiger partial charge in [0, 0.05) is 0 Å². The molecule has 1 nitrogen and oxygen atoms in total. The van der Waals surface area contributed by atoms with Gasteiger partial charge in [0.1, 0.15) is 7.11 Å². The van der Waals surface area contributed by atoms with Crippen molar-refractivity contribution in [1.29, 1.82) is 0 Å². The molecule has 0 atom stereocenters. The summed E-state index contributed by atoms with van der Waals surface area (Å²) in [6, 6.07) is 0. The molecular weight excluding hydrogens is 74.0 g/mol. The zero-order valence-corrected chi connectivity index (χ0v) is 7.50. The van der Waals surface area contributed by atoms with Gasteiger partial charge in [-0.15, -0.1) is 0 Å². The third kappa shape index (κ3) is 9.03. The Morgan fingerprint density at radius 3 is 1.00 bits per heavy atom. The molecule has 0 aromatic rings. The minimum atomic E-state index is 0. The standard InChI is InChI=1S/CH4O.2Na/c1-2;;/h2H,1H3;;/q;2*+1/p+1. The molecule has 0 saturated heterocycles. The van der Waals surface area contributed by atoms with Gasteiger partial charge in [0.25, 0.3) is 0 Å². The van der Waals surface area contributed by atoms with Crippen LogP contribution >= 0.6 is 0 Å². The van der Waals surface area contributed by atoms with Crippen molar-refractivity contribution in [1.82, 2.24) is 0 Å². The van der Waals surface area contributed by atoms with Crippen molar-refractivity contribution in [2.45, 2.75) is 0 Å². The van der Waals surface area contributed by atoms with Crippen molar-refractivity contribution < 1.29 is 64.2 Å². The molecule has 4 heavy (non-hydrogen) atoms. The van der Waals surface area contributed by atoms with Gasteiger partial charge in [0.05, 0.1) is 0 Å². The summed E-state index contributed by atoms with van der Waals surface area (Å²) in [6.45, 7) is 0. The van der Waals surface area contributed by atoms with Crippen LogP contribution in [0.5, 0.6) is 0 Å². The summed E-state index contributed by atoms with van der Waals surface area (Å²) in [5.74, 6) is 0. The van der Waals surface area contributed by atoms with E-state index in [-0.39, 0.29) is 59.1 Å². The van der Waals surface area contributed by atoms with Crippen LogP contribution in [-0.2, 0) is 0 Å². The SMILES string of the molecule is C[OH2+].[Na+].[Na+]. The first-order valence-electron chi connectivity index (χ1n) is 0.500. The van der Waals surface area contributed by atoms with Gasteiger partial charge in [-0.2, -0.15) is 0 Å². The van der Waals surface area contributed by atoms with Crippen LogP contribution in [0.4, 0.5) is 0 Å². The summed E-state index contributed by atoms with van der Waals surface area (Å²) >= 11 is 0. The van der Waals surface area contributed by atoms with Crippen molar-refractivity contribution in [2.75, 3.05) is 7.11 Å². The van der Waals surface area contributed by atoms with Gasteiger partial charge in [0.15, 0.2) is 0 Å². The molecule has 0 aliphatic heterocycles. The van der Waals surface area contributed by atoms with Crippen LogP contribution in [0.3, 0.4) is 0 Å². The Kier molecular flexibility index (Phi) is 84.7. The second-order valence-electron chi connectivity index (χ2n) is 0. The Hall–Kier alpha value is 1.96. The summed E-state index contributed by atoms with van der Waals surface area (Å²) in [4.78, 5) is 0. The van der Waals surface area contributed by atoms with Crippen molar-refractivity contribution in [3.63, 3.8) is 0 Å². The molecule has 0 aromatic carbocycles. The first-order valence-corrected chi connectivity index (χ1v) is 0.500. The van der Waals surface area contributed by atoms with Crippen LogP contribution in [0, 0.1) is 0 Å². The van der Waals surface area contributed by atoms with Gasteiger partial charge < -0.3 is 5.11 Å². The third-order valence-corrected chi connectivity index (χ3v) is 0. The second-order valence-corrected chi connectivity index (χ2v) is 0. The summed E-state index contributed by atoms with van der Waals surface area (Å²) in [6.07, 6.45) is 0. The molecular formula is CH5Na2O+3. The smallest absolute Gasteiger partial charge is 0.448 e. The van der Waals surface area contributed by atoms with Gasteiger partial charge in [-0.25, -0.2) is 0 Å². The molecule has 14 valence electrons. The van der Waals surface area contributed by atoms with E-state index in [4.69, 9.17) is 5.11 Å². The Morgan fingerprint density at radius 1 is 1.00 bits per heavy atom. The average molecular weight is 79.0 g/mol. The first kappa shape index (κ1) is 16.7. The fourth-order valence-electron chi connectivity index (χ4n) is 0. The summed E-state index contributed by atoms with van der Waals surface area (Å²) < 4.78 is 0. The van der Waals surface area contributed by atoms with Crippen molar-refractivity contribution in [2.24, 2.45) is 0 Å². The van der Waals surface area contributed by atoms with Crippen LogP contribution in [0.15, 0.2) is 0 Å². The summed E-state index contributed by atoms with van der Waals surface area (Å²) in [7, 11) is 1.25. The van der Waals surface area contributed by atoms with Gasteiger partial charge in [-0.05, 0) is 0 Å². The first-order chi connectivity index (χ1) is 1.00. The van der Waals surface area contributed by atoms with Gasteiger partial charge in [-0.3, -0.25) is 0 Å². The molecule has 0 fully saturated rings. The quantitative estimate of drug-likeness (QED) is 0.203. The number of rotatable bonds is 0. The molecule has 0 unspecified atom stereocenters. The van der Waals surface area contributed by atoms with Crippen LogP contribution < -0.4 is 59.1 Å². The number of hydrogen-bond donors (Lipinski definition) is 0. The van der Waals surface area contributed by atoms with E-state index in [0.29, 0.717) is 0 Å². The molecule has 0 aliphatic carbocycles. The van der Waals surface area contributed by atoms with Gasteiger partial charge >= 0.3 is 59.1 Å². The second kappa shape index (κ2) is 20.2. The maximum Gasteiger partial charge on any atom is 1.00 e. The van der Waals surface area contributed by atoms with E-state index in [1.165, 1.54) is 7.11 Å². The Bertz CT molecular complexity index is 6.00. The molecule has 0 radical (unpaired) electrons. The Balaban J connectivity index is -0.00000000500. The normalized spacial score (nSPS) is 1.50. The molecule has 0 aromatic heterocycles. The molecule has 2 N–H and O–H groups in total. The summed E-state index contributed by atoms with van der Waals surface area (Å²) in [5.41, 5.74) is 0. The zero-order chi connectivity index (χ0) is 2.00. The molecule has 0 amide bonds. The average Bonchev–Trinajstić information content (AvgIpc) is 1.00. The minimum Gasteiger partial charge on any atom is -0.448 e. The van der Waals surface area contributed by atoms with Crippen molar-refractivity contribution >= 4 is 0 Å². The molecule has 3 heteroatoms. The largest absolute Gasteiger partial charge is 1.00 e. The zero-order valence-electron chi connectivity index (χ0n) is 3.50. The minimum absolute atomic E-state index is 0. The fraction of sp³-hybridized carbons (Fsp3) is 1.00. The number of hydrogen-bond acceptors (Lipinski definition) is 0. The molecule has 0 saturated carbocycles. The molecule has 0 heterocycles. The van der Waals surface area contributed by atoms with Crippen LogP contribution in [-0.4, -0.2) is 12.2 Å². The maximum atomic E-state index is 5.75. The molecule has 0 bridgehead atoms. The monoisotopic (exact) mass is 79.0 g/mol. The van der Waals surface area contributed by atoms with E-state index in [9.17, 15) is 0 Å². The van der Waals surface area contributed by atoms with E-state index in [1.807, 2.05) is 0 Å². The summed E-state index contributed by atoms with van der Waals surface area (Å²) in [5, 5.41) is 5.75. The molecule has 0 rings (SSSR count). The Morgan fingerprint density at radius 2 is 1.00 bits per heavy atom. The predicted molar refractivity (Wildman–Crippen MR) is 9.54 cm³/mol. The van der Waals surface area contributed by atoms with E-state index in [1.54, 1.807) is 0 Å². The van der Waals surface area contributed by atoms with Crippen LogP contribution in [0.2, 0.25) is 0 Å². The van der Waals surface area contributed by atoms with Crippen LogP contribution in [0.25, 0.3) is 0 Å². The predicted octanol–water partition coefficient (Wildman–Crippen LogP) is -6.65. The third-order valence-electron chi connectivity index (χ3n) is 0. The van der Waals surface area contributed by atoms with Gasteiger partial charge in [-0.1, -0.05) is 0 Å². The molecule has 0 spiro atoms. The maximum absolute atomic E-state index is 5.75. The Labute approximate surface area is 70.4 Å². The fourth-order valence-corrected chi connectivity index (χ4v) is 0. The topological polar surface area (TPSA) is 22.9 Å². The molecule has 0 aliphatic rings. The van der Waals surface area contributed by atoms with E-state index in [0.717, 1.165) is 0 Å². The van der Waals surface area contributed by atoms with E-state index < -0.39 is 0 Å². The van der Waals surface area contributed by atoms with Crippen molar-refractivity contribution in [3.05, 3.63) is 0 Å². The van der Waals surface area contributed by atoms with Crippen molar-refractivity contribution in [3.8, 4) is 0 Å². The van der Waals surface area contributed by atoms with E-state index >= 15 is 0 Å².